The Bertz CT molecular complexity index is 650. The van der Waals surface area contributed by atoms with Crippen molar-refractivity contribution in [1.29, 1.82) is 0 Å². The Morgan fingerprint density at radius 3 is 2.71 bits per heavy atom. The number of likely N-dealkylation sites (tertiary alicyclic amines) is 1. The van der Waals surface area contributed by atoms with E-state index in [1.165, 1.54) is 16.9 Å². The third kappa shape index (κ3) is 4.61. The van der Waals surface area contributed by atoms with E-state index in [-0.39, 0.29) is 11.8 Å². The van der Waals surface area contributed by atoms with Crippen LogP contribution in [0, 0.1) is 5.92 Å². The summed E-state index contributed by atoms with van der Waals surface area (Å²) < 4.78 is 0. The van der Waals surface area contributed by atoms with Crippen LogP contribution in [0.5, 0.6) is 0 Å². The van der Waals surface area contributed by atoms with E-state index in [4.69, 9.17) is 0 Å². The van der Waals surface area contributed by atoms with E-state index in [2.05, 4.69) is 51.6 Å². The summed E-state index contributed by atoms with van der Waals surface area (Å²) in [4.78, 5) is 14.8. The maximum atomic E-state index is 12.4. The number of benzene rings is 1. The lowest BCUT2D eigenvalue weighted by Gasteiger charge is -2.31. The quantitative estimate of drug-likeness (QED) is 0.873. The maximum Gasteiger partial charge on any atom is 0.229 e. The first-order valence-corrected chi connectivity index (χ1v) is 9.45. The molecule has 0 spiro atoms. The van der Waals surface area contributed by atoms with E-state index in [0.29, 0.717) is 5.13 Å². The van der Waals surface area contributed by atoms with Crippen LogP contribution < -0.4 is 5.32 Å². The fraction of sp³-hybridized carbons (Fsp3) is 0.500. The third-order valence-corrected chi connectivity index (χ3v) is 5.27. The highest BCUT2D eigenvalue weighted by Crippen LogP contribution is 2.22. The van der Waals surface area contributed by atoms with E-state index >= 15 is 0 Å². The molecule has 1 N–H and O–H groups in total. The van der Waals surface area contributed by atoms with Crippen molar-refractivity contribution < 1.29 is 4.79 Å². The summed E-state index contributed by atoms with van der Waals surface area (Å²) in [5.41, 5.74) is 1.33. The number of hydrogen-bond acceptors (Lipinski definition) is 5. The number of carbonyl (C=O) groups excluding carboxylic acids is 1. The summed E-state index contributed by atoms with van der Waals surface area (Å²) in [6.07, 6.45) is 3.77. The van der Waals surface area contributed by atoms with Crippen molar-refractivity contribution in [1.82, 2.24) is 15.1 Å². The third-order valence-electron chi connectivity index (χ3n) is 4.37. The van der Waals surface area contributed by atoms with Crippen molar-refractivity contribution in [2.45, 2.75) is 39.2 Å². The smallest absolute Gasteiger partial charge is 0.229 e. The van der Waals surface area contributed by atoms with Gasteiger partial charge in [-0.05, 0) is 37.9 Å². The fourth-order valence-electron chi connectivity index (χ4n) is 3.02. The molecule has 1 saturated heterocycles. The predicted molar refractivity (Wildman–Crippen MR) is 97.0 cm³/mol. The Morgan fingerprint density at radius 1 is 1.25 bits per heavy atom. The van der Waals surface area contributed by atoms with Crippen molar-refractivity contribution in [3.8, 4) is 0 Å². The summed E-state index contributed by atoms with van der Waals surface area (Å²) in [5.74, 6) is 0.170. The zero-order chi connectivity index (χ0) is 16.8. The highest BCUT2D eigenvalue weighted by Gasteiger charge is 2.25. The number of nitrogens with one attached hydrogen (secondary N) is 1. The molecule has 0 radical (unpaired) electrons. The normalized spacial score (nSPS) is 16.2. The molecule has 1 fully saturated rings. The van der Waals surface area contributed by atoms with Crippen LogP contribution >= 0.6 is 11.3 Å². The molecule has 128 valence electrons. The minimum absolute atomic E-state index is 0.0792. The highest BCUT2D eigenvalue weighted by atomic mass is 32.1. The minimum Gasteiger partial charge on any atom is -0.300 e. The summed E-state index contributed by atoms with van der Waals surface area (Å²) in [5, 5.41) is 12.7. The van der Waals surface area contributed by atoms with Crippen molar-refractivity contribution in [2.75, 3.05) is 18.4 Å². The molecular formula is C18H24N4OS. The molecule has 1 aromatic carbocycles. The lowest BCUT2D eigenvalue weighted by atomic mass is 9.95. The van der Waals surface area contributed by atoms with Crippen LogP contribution in [0.3, 0.4) is 0 Å². The number of piperidine rings is 1. The van der Waals surface area contributed by atoms with Crippen molar-refractivity contribution in [3.63, 3.8) is 0 Å². The molecule has 0 bridgehead atoms. The van der Waals surface area contributed by atoms with Gasteiger partial charge in [0.25, 0.3) is 0 Å². The Hall–Kier alpha value is -1.79. The molecule has 1 aliphatic rings. The molecular weight excluding hydrogens is 320 g/mol. The monoisotopic (exact) mass is 344 g/mol. The second kappa shape index (κ2) is 8.35. The number of carbonyl (C=O) groups is 1. The molecule has 1 aliphatic heterocycles. The number of hydrogen-bond donors (Lipinski definition) is 1. The molecule has 0 saturated carbocycles. The van der Waals surface area contributed by atoms with E-state index in [0.717, 1.165) is 50.3 Å². The lowest BCUT2D eigenvalue weighted by Crippen LogP contribution is -2.37. The number of aromatic nitrogens is 2. The summed E-state index contributed by atoms with van der Waals surface area (Å²) in [6, 6.07) is 10.5. The Labute approximate surface area is 147 Å². The van der Waals surface area contributed by atoms with Gasteiger partial charge in [0.15, 0.2) is 0 Å². The van der Waals surface area contributed by atoms with Crippen molar-refractivity contribution in [3.05, 3.63) is 40.9 Å². The predicted octanol–water partition coefficient (Wildman–Crippen LogP) is 3.34. The molecule has 0 unspecified atom stereocenters. The van der Waals surface area contributed by atoms with Gasteiger partial charge in [0.05, 0.1) is 0 Å². The first-order chi connectivity index (χ1) is 11.7. The molecule has 0 atom stereocenters. The molecule has 1 amide bonds. The van der Waals surface area contributed by atoms with E-state index < -0.39 is 0 Å². The summed E-state index contributed by atoms with van der Waals surface area (Å²) in [7, 11) is 0. The van der Waals surface area contributed by atoms with Crippen LogP contribution in [0.4, 0.5) is 5.13 Å². The van der Waals surface area contributed by atoms with Gasteiger partial charge in [0.1, 0.15) is 5.01 Å². The lowest BCUT2D eigenvalue weighted by molar-refractivity contribution is -0.121. The Balaban J connectivity index is 1.46. The van der Waals surface area contributed by atoms with E-state index in [1.54, 1.807) is 0 Å². The SMILES string of the molecule is CCCc1nnc(NC(=O)C2CCN(Cc3ccccc3)CC2)s1. The van der Waals surface area contributed by atoms with Crippen LogP contribution in [0.25, 0.3) is 0 Å². The zero-order valence-electron chi connectivity index (χ0n) is 14.1. The molecule has 6 heteroatoms. The van der Waals surface area contributed by atoms with Gasteiger partial charge < -0.3 is 5.32 Å². The average Bonchev–Trinajstić information content (AvgIpc) is 3.04. The fourth-order valence-corrected chi connectivity index (χ4v) is 3.87. The summed E-state index contributed by atoms with van der Waals surface area (Å²) in [6.45, 7) is 5.00. The number of rotatable bonds is 6. The van der Waals surface area contributed by atoms with Gasteiger partial charge in [-0.1, -0.05) is 48.6 Å². The van der Waals surface area contributed by atoms with Gasteiger partial charge in [-0.15, -0.1) is 10.2 Å². The maximum absolute atomic E-state index is 12.4. The van der Waals surface area contributed by atoms with Gasteiger partial charge in [0, 0.05) is 18.9 Å². The Morgan fingerprint density at radius 2 is 2.00 bits per heavy atom. The molecule has 2 aromatic rings. The molecule has 2 heterocycles. The largest absolute Gasteiger partial charge is 0.300 e. The number of anilines is 1. The van der Waals surface area contributed by atoms with E-state index in [9.17, 15) is 4.79 Å². The number of aryl methyl sites for hydroxylation is 1. The number of nitrogens with zero attached hydrogens (tertiary/aromatic N) is 3. The molecule has 3 rings (SSSR count). The highest BCUT2D eigenvalue weighted by molar-refractivity contribution is 7.15. The van der Waals surface area contributed by atoms with Crippen LogP contribution in [0.15, 0.2) is 30.3 Å². The van der Waals surface area contributed by atoms with Crippen molar-refractivity contribution in [2.24, 2.45) is 5.92 Å². The topological polar surface area (TPSA) is 58.1 Å². The van der Waals surface area contributed by atoms with Crippen LogP contribution in [0.1, 0.15) is 36.8 Å². The average molecular weight is 344 g/mol. The van der Waals surface area contributed by atoms with Crippen LogP contribution in [-0.4, -0.2) is 34.1 Å². The second-order valence-corrected chi connectivity index (χ2v) is 7.34. The summed E-state index contributed by atoms with van der Waals surface area (Å²) >= 11 is 1.49. The van der Waals surface area contributed by atoms with Gasteiger partial charge in [-0.3, -0.25) is 9.69 Å². The van der Waals surface area contributed by atoms with Gasteiger partial charge in [-0.25, -0.2) is 0 Å². The Kier molecular flexibility index (Phi) is 5.93. The molecule has 5 nitrogen and oxygen atoms in total. The molecule has 0 aliphatic carbocycles. The zero-order valence-corrected chi connectivity index (χ0v) is 14.9. The van der Waals surface area contributed by atoms with Gasteiger partial charge in [-0.2, -0.15) is 0 Å². The molecule has 24 heavy (non-hydrogen) atoms. The number of amides is 1. The van der Waals surface area contributed by atoms with Gasteiger partial charge in [0.2, 0.25) is 11.0 Å². The van der Waals surface area contributed by atoms with Crippen LogP contribution in [-0.2, 0) is 17.8 Å². The van der Waals surface area contributed by atoms with Gasteiger partial charge >= 0.3 is 0 Å². The minimum atomic E-state index is 0.0792. The first-order valence-electron chi connectivity index (χ1n) is 8.64. The standard InChI is InChI=1S/C18H24N4OS/c1-2-6-16-20-21-18(24-16)19-17(23)15-9-11-22(12-10-15)13-14-7-4-3-5-8-14/h3-5,7-8,15H,2,6,9-13H2,1H3,(H,19,21,23). The van der Waals surface area contributed by atoms with Crippen molar-refractivity contribution >= 4 is 22.4 Å². The van der Waals surface area contributed by atoms with E-state index in [1.807, 2.05) is 6.07 Å². The van der Waals surface area contributed by atoms with Crippen LogP contribution in [0.2, 0.25) is 0 Å². The molecule has 1 aromatic heterocycles. The second-order valence-electron chi connectivity index (χ2n) is 6.28. The first kappa shape index (κ1) is 17.0.